The van der Waals surface area contributed by atoms with Crippen molar-refractivity contribution in [1.82, 2.24) is 5.32 Å². The maximum absolute atomic E-state index is 12.1. The number of aryl methyl sites for hydroxylation is 2. The summed E-state index contributed by atoms with van der Waals surface area (Å²) in [5.74, 6) is 0.635. The summed E-state index contributed by atoms with van der Waals surface area (Å²) in [5, 5.41) is 3.02. The summed E-state index contributed by atoms with van der Waals surface area (Å²) >= 11 is 0. The minimum Gasteiger partial charge on any atom is -0.484 e. The van der Waals surface area contributed by atoms with Gasteiger partial charge in [0.1, 0.15) is 5.75 Å². The Hall–Kier alpha value is -2.29. The fraction of sp³-hybridized carbons (Fsp3) is 0.316. The van der Waals surface area contributed by atoms with Crippen LogP contribution in [0.4, 0.5) is 0 Å². The highest BCUT2D eigenvalue weighted by atomic mass is 16.5. The molecule has 2 aromatic carbocycles. The topological polar surface area (TPSA) is 38.3 Å². The lowest BCUT2D eigenvalue weighted by Crippen LogP contribution is -2.32. The third-order valence-electron chi connectivity index (χ3n) is 3.51. The zero-order valence-electron chi connectivity index (χ0n) is 13.4. The predicted molar refractivity (Wildman–Crippen MR) is 89.0 cm³/mol. The third kappa shape index (κ3) is 4.62. The summed E-state index contributed by atoms with van der Waals surface area (Å²) in [6.07, 6.45) is 0.847. The van der Waals surface area contributed by atoms with Gasteiger partial charge in [0.2, 0.25) is 0 Å². The molecule has 0 radical (unpaired) electrons. The van der Waals surface area contributed by atoms with E-state index in [2.05, 4.69) is 18.3 Å². The van der Waals surface area contributed by atoms with Crippen LogP contribution in [0, 0.1) is 13.8 Å². The van der Waals surface area contributed by atoms with Crippen LogP contribution in [0.3, 0.4) is 0 Å². The molecule has 1 amide bonds. The number of amides is 1. The maximum atomic E-state index is 12.1. The van der Waals surface area contributed by atoms with E-state index in [1.165, 1.54) is 0 Å². The van der Waals surface area contributed by atoms with E-state index in [1.54, 1.807) is 0 Å². The highest BCUT2D eigenvalue weighted by Crippen LogP contribution is 2.17. The van der Waals surface area contributed by atoms with Gasteiger partial charge in [0, 0.05) is 0 Å². The number of ether oxygens (including phenoxy) is 1. The molecular weight excluding hydrogens is 274 g/mol. The van der Waals surface area contributed by atoms with Crippen LogP contribution in [0.15, 0.2) is 48.5 Å². The lowest BCUT2D eigenvalue weighted by Gasteiger charge is -2.17. The van der Waals surface area contributed by atoms with Crippen molar-refractivity contribution in [2.24, 2.45) is 0 Å². The van der Waals surface area contributed by atoms with Crippen LogP contribution in [0.25, 0.3) is 0 Å². The molecule has 0 aliphatic rings. The summed E-state index contributed by atoms with van der Waals surface area (Å²) in [6, 6.07) is 16.0. The van der Waals surface area contributed by atoms with Crippen LogP contribution in [0.1, 0.15) is 36.1 Å². The zero-order valence-corrected chi connectivity index (χ0v) is 13.4. The molecule has 0 saturated carbocycles. The quantitative estimate of drug-likeness (QED) is 0.876. The standard InChI is InChI=1S/C19H23NO2/c1-4-18(16-8-6-5-7-9-16)20-19(21)13-22-17-11-14(2)10-15(3)12-17/h5-12,18H,4,13H2,1-3H3,(H,20,21)/t18-/m1/s1. The minimum atomic E-state index is -0.102. The SMILES string of the molecule is CC[C@@H](NC(=O)COc1cc(C)cc(C)c1)c1ccccc1. The van der Waals surface area contributed by atoms with Crippen molar-refractivity contribution in [3.8, 4) is 5.75 Å². The molecule has 0 bridgehead atoms. The van der Waals surface area contributed by atoms with E-state index < -0.39 is 0 Å². The zero-order chi connectivity index (χ0) is 15.9. The number of rotatable bonds is 6. The molecule has 0 aromatic heterocycles. The van der Waals surface area contributed by atoms with Gasteiger partial charge in [-0.3, -0.25) is 4.79 Å². The smallest absolute Gasteiger partial charge is 0.258 e. The van der Waals surface area contributed by atoms with Gasteiger partial charge in [0.05, 0.1) is 6.04 Å². The summed E-state index contributed by atoms with van der Waals surface area (Å²) in [6.45, 7) is 6.12. The Kier molecular flexibility index (Phi) is 5.59. The number of hydrogen-bond acceptors (Lipinski definition) is 2. The molecule has 0 heterocycles. The highest BCUT2D eigenvalue weighted by molar-refractivity contribution is 5.78. The molecule has 0 fully saturated rings. The molecule has 0 aliphatic carbocycles. The molecule has 2 rings (SSSR count). The molecule has 0 unspecified atom stereocenters. The largest absolute Gasteiger partial charge is 0.484 e. The molecule has 1 atom stereocenters. The minimum absolute atomic E-state index is 0.0246. The normalized spacial score (nSPS) is 11.8. The third-order valence-corrected chi connectivity index (χ3v) is 3.51. The molecule has 0 aliphatic heterocycles. The molecule has 2 aromatic rings. The van der Waals surface area contributed by atoms with Crippen molar-refractivity contribution < 1.29 is 9.53 Å². The van der Waals surface area contributed by atoms with Gasteiger partial charge in [0.25, 0.3) is 5.91 Å². The summed E-state index contributed by atoms with van der Waals surface area (Å²) in [7, 11) is 0. The van der Waals surface area contributed by atoms with E-state index in [9.17, 15) is 4.79 Å². The van der Waals surface area contributed by atoms with Crippen LogP contribution < -0.4 is 10.1 Å². The first-order valence-electron chi connectivity index (χ1n) is 7.64. The number of nitrogens with one attached hydrogen (secondary N) is 1. The fourth-order valence-electron chi connectivity index (χ4n) is 2.51. The Morgan fingerprint density at radius 1 is 1.09 bits per heavy atom. The van der Waals surface area contributed by atoms with E-state index in [1.807, 2.05) is 56.3 Å². The first kappa shape index (κ1) is 16.1. The molecule has 1 N–H and O–H groups in total. The molecule has 3 nitrogen and oxygen atoms in total. The first-order valence-corrected chi connectivity index (χ1v) is 7.64. The van der Waals surface area contributed by atoms with Gasteiger partial charge in [-0.1, -0.05) is 43.3 Å². The second-order valence-electron chi connectivity index (χ2n) is 5.55. The molecule has 116 valence electrons. The van der Waals surface area contributed by atoms with Crippen LogP contribution in [0.2, 0.25) is 0 Å². The van der Waals surface area contributed by atoms with Crippen LogP contribution in [-0.2, 0) is 4.79 Å². The van der Waals surface area contributed by atoms with E-state index >= 15 is 0 Å². The molecule has 0 spiro atoms. The Morgan fingerprint density at radius 3 is 2.32 bits per heavy atom. The fourth-order valence-corrected chi connectivity index (χ4v) is 2.51. The lowest BCUT2D eigenvalue weighted by molar-refractivity contribution is -0.123. The van der Waals surface area contributed by atoms with Crippen molar-refractivity contribution >= 4 is 5.91 Å². The molecule has 0 saturated heterocycles. The van der Waals surface area contributed by atoms with Crippen molar-refractivity contribution in [3.63, 3.8) is 0 Å². The van der Waals surface area contributed by atoms with Gasteiger partial charge in [-0.15, -0.1) is 0 Å². The van der Waals surface area contributed by atoms with Gasteiger partial charge in [-0.05, 0) is 49.1 Å². The molecule has 3 heteroatoms. The van der Waals surface area contributed by atoms with Gasteiger partial charge in [-0.2, -0.15) is 0 Å². The second-order valence-corrected chi connectivity index (χ2v) is 5.55. The Balaban J connectivity index is 1.92. The summed E-state index contributed by atoms with van der Waals surface area (Å²) in [4.78, 5) is 12.1. The Bertz CT molecular complexity index is 602. The number of carbonyl (C=O) groups is 1. The second kappa shape index (κ2) is 7.64. The van der Waals surface area contributed by atoms with Crippen LogP contribution >= 0.6 is 0 Å². The van der Waals surface area contributed by atoms with E-state index in [-0.39, 0.29) is 18.6 Å². The van der Waals surface area contributed by atoms with Crippen LogP contribution in [-0.4, -0.2) is 12.5 Å². The monoisotopic (exact) mass is 297 g/mol. The van der Waals surface area contributed by atoms with Gasteiger partial charge in [0.15, 0.2) is 6.61 Å². The van der Waals surface area contributed by atoms with Gasteiger partial charge < -0.3 is 10.1 Å². The lowest BCUT2D eigenvalue weighted by atomic mass is 10.0. The van der Waals surface area contributed by atoms with Gasteiger partial charge in [-0.25, -0.2) is 0 Å². The number of carbonyl (C=O) groups excluding carboxylic acids is 1. The van der Waals surface area contributed by atoms with Gasteiger partial charge >= 0.3 is 0 Å². The highest BCUT2D eigenvalue weighted by Gasteiger charge is 2.12. The Morgan fingerprint density at radius 2 is 1.73 bits per heavy atom. The predicted octanol–water partition coefficient (Wildman–Crippen LogP) is 3.95. The van der Waals surface area contributed by atoms with Crippen molar-refractivity contribution in [1.29, 1.82) is 0 Å². The van der Waals surface area contributed by atoms with Crippen molar-refractivity contribution in [2.75, 3.05) is 6.61 Å². The summed E-state index contributed by atoms with van der Waals surface area (Å²) in [5.41, 5.74) is 3.38. The molecule has 22 heavy (non-hydrogen) atoms. The van der Waals surface area contributed by atoms with Crippen molar-refractivity contribution in [2.45, 2.75) is 33.2 Å². The van der Waals surface area contributed by atoms with E-state index in [4.69, 9.17) is 4.74 Å². The Labute approximate surface area is 132 Å². The average Bonchev–Trinajstić information content (AvgIpc) is 2.50. The van der Waals surface area contributed by atoms with Crippen molar-refractivity contribution in [3.05, 3.63) is 65.2 Å². The maximum Gasteiger partial charge on any atom is 0.258 e. The van der Waals surface area contributed by atoms with Crippen LogP contribution in [0.5, 0.6) is 5.75 Å². The van der Waals surface area contributed by atoms with E-state index in [0.29, 0.717) is 0 Å². The first-order chi connectivity index (χ1) is 10.6. The number of hydrogen-bond donors (Lipinski definition) is 1. The number of benzene rings is 2. The molecular formula is C19H23NO2. The average molecular weight is 297 g/mol. The van der Waals surface area contributed by atoms with E-state index in [0.717, 1.165) is 28.9 Å². The summed E-state index contributed by atoms with van der Waals surface area (Å²) < 4.78 is 5.60.